The number of ether oxygens (including phenoxy) is 1. The fourth-order valence-electron chi connectivity index (χ4n) is 3.66. The van der Waals surface area contributed by atoms with Crippen LogP contribution in [0.3, 0.4) is 0 Å². The maximum absolute atomic E-state index is 13.4. The van der Waals surface area contributed by atoms with Crippen molar-refractivity contribution in [3.8, 4) is 5.75 Å². The molecule has 7 heteroatoms. The van der Waals surface area contributed by atoms with Crippen LogP contribution in [0.1, 0.15) is 27.5 Å². The predicted octanol–water partition coefficient (Wildman–Crippen LogP) is 5.82. The second-order valence-corrected chi connectivity index (χ2v) is 7.35. The highest BCUT2D eigenvalue weighted by molar-refractivity contribution is 6.10. The van der Waals surface area contributed by atoms with Crippen LogP contribution in [0.25, 0.3) is 10.9 Å². The number of fused-ring (bicyclic) bond motifs is 1. The zero-order valence-electron chi connectivity index (χ0n) is 17.0. The number of nitrogens with one attached hydrogen (secondary N) is 2. The van der Waals surface area contributed by atoms with E-state index in [4.69, 9.17) is 0 Å². The van der Waals surface area contributed by atoms with Crippen molar-refractivity contribution < 1.29 is 22.7 Å². The summed E-state index contributed by atoms with van der Waals surface area (Å²) in [5.74, 6) is -0.312. The van der Waals surface area contributed by atoms with Gasteiger partial charge in [0.15, 0.2) is 5.78 Å². The Balaban J connectivity index is 1.48. The summed E-state index contributed by atoms with van der Waals surface area (Å²) < 4.78 is 40.9. The molecule has 0 spiro atoms. The van der Waals surface area contributed by atoms with E-state index in [1.54, 1.807) is 18.3 Å². The van der Waals surface area contributed by atoms with Crippen LogP contribution in [-0.2, 0) is 6.42 Å². The quantitative estimate of drug-likeness (QED) is 0.341. The topological polar surface area (TPSA) is 54.1 Å². The second-order valence-electron chi connectivity index (χ2n) is 7.35. The molecule has 4 rings (SSSR count). The van der Waals surface area contributed by atoms with Crippen molar-refractivity contribution in [2.45, 2.75) is 18.8 Å². The van der Waals surface area contributed by atoms with E-state index < -0.39 is 12.4 Å². The highest BCUT2D eigenvalue weighted by Crippen LogP contribution is 2.25. The Morgan fingerprint density at radius 3 is 2.34 bits per heavy atom. The van der Waals surface area contributed by atoms with Crippen molar-refractivity contribution >= 4 is 16.7 Å². The van der Waals surface area contributed by atoms with E-state index in [-0.39, 0.29) is 11.5 Å². The lowest BCUT2D eigenvalue weighted by molar-refractivity contribution is -0.274. The van der Waals surface area contributed by atoms with Gasteiger partial charge in [-0.05, 0) is 35.7 Å². The number of hydrogen-bond donors (Lipinski definition) is 2. The van der Waals surface area contributed by atoms with Crippen molar-refractivity contribution in [1.29, 1.82) is 0 Å². The molecular weight excluding hydrogens is 417 g/mol. The summed E-state index contributed by atoms with van der Waals surface area (Å²) in [5, 5.41) is 4.18. The molecule has 4 aromatic rings. The van der Waals surface area contributed by atoms with Gasteiger partial charge in [0.1, 0.15) is 5.75 Å². The number of aromatic amines is 1. The van der Waals surface area contributed by atoms with Gasteiger partial charge in [0, 0.05) is 29.2 Å². The summed E-state index contributed by atoms with van der Waals surface area (Å²) in [4.78, 5) is 16.6. The molecule has 0 radical (unpaired) electrons. The number of hydrogen-bond acceptors (Lipinski definition) is 3. The predicted molar refractivity (Wildman–Crippen MR) is 117 cm³/mol. The molecule has 0 amide bonds. The van der Waals surface area contributed by atoms with E-state index in [9.17, 15) is 18.0 Å². The van der Waals surface area contributed by atoms with E-state index in [0.29, 0.717) is 18.5 Å². The number of benzene rings is 3. The lowest BCUT2D eigenvalue weighted by Gasteiger charge is -2.18. The van der Waals surface area contributed by atoms with Crippen LogP contribution in [0.5, 0.6) is 5.75 Å². The van der Waals surface area contributed by atoms with Crippen LogP contribution in [0.2, 0.25) is 0 Å². The molecule has 2 N–H and O–H groups in total. The smallest absolute Gasteiger partial charge is 0.406 e. The second kappa shape index (κ2) is 9.28. The molecule has 0 bridgehead atoms. The molecule has 0 fully saturated rings. The average Bonchev–Trinajstić information content (AvgIpc) is 3.21. The molecule has 0 aliphatic rings. The number of halogens is 3. The Kier molecular flexibility index (Phi) is 6.28. The van der Waals surface area contributed by atoms with Gasteiger partial charge in [-0.2, -0.15) is 0 Å². The van der Waals surface area contributed by atoms with Gasteiger partial charge in [-0.25, -0.2) is 0 Å². The molecule has 32 heavy (non-hydrogen) atoms. The standard InChI is InChI=1S/C25H21F3N2O2/c26-25(27,28)32-19-12-10-17(11-13-19)14-15-29-23(18-6-2-1-3-7-18)24(31)21-16-30-22-9-5-4-8-20(21)22/h1-13,16,23,29-30H,14-15H2/t23-/m0/s1. The summed E-state index contributed by atoms with van der Waals surface area (Å²) in [5.41, 5.74) is 3.18. The molecule has 164 valence electrons. The van der Waals surface area contributed by atoms with Gasteiger partial charge in [0.05, 0.1) is 6.04 Å². The first-order chi connectivity index (χ1) is 15.4. The number of ketones is 1. The first kappa shape index (κ1) is 21.6. The van der Waals surface area contributed by atoms with E-state index in [0.717, 1.165) is 22.0 Å². The molecule has 3 aromatic carbocycles. The van der Waals surface area contributed by atoms with Crippen molar-refractivity contribution in [1.82, 2.24) is 10.3 Å². The summed E-state index contributed by atoms with van der Waals surface area (Å²) in [6, 6.07) is 22.3. The molecule has 1 aromatic heterocycles. The maximum atomic E-state index is 13.4. The Hall–Kier alpha value is -3.58. The van der Waals surface area contributed by atoms with Crippen molar-refractivity contribution in [2.24, 2.45) is 0 Å². The minimum atomic E-state index is -4.71. The molecule has 0 aliphatic carbocycles. The van der Waals surface area contributed by atoms with Gasteiger partial charge < -0.3 is 15.0 Å². The summed E-state index contributed by atoms with van der Waals surface area (Å²) in [7, 11) is 0. The van der Waals surface area contributed by atoms with Gasteiger partial charge in [-0.15, -0.1) is 13.2 Å². The largest absolute Gasteiger partial charge is 0.573 e. The number of H-pyrrole nitrogens is 1. The van der Waals surface area contributed by atoms with Crippen LogP contribution in [0.4, 0.5) is 13.2 Å². The zero-order chi connectivity index (χ0) is 22.6. The summed E-state index contributed by atoms with van der Waals surface area (Å²) >= 11 is 0. The van der Waals surface area contributed by atoms with E-state index >= 15 is 0 Å². The first-order valence-electron chi connectivity index (χ1n) is 10.1. The van der Waals surface area contributed by atoms with Gasteiger partial charge in [0.25, 0.3) is 0 Å². The minimum absolute atomic E-state index is 0.0532. The normalized spacial score (nSPS) is 12.6. The number of rotatable bonds is 8. The molecule has 0 saturated carbocycles. The van der Waals surface area contributed by atoms with Crippen LogP contribution in [0.15, 0.2) is 85.1 Å². The van der Waals surface area contributed by atoms with E-state index in [2.05, 4.69) is 15.0 Å². The molecule has 0 saturated heterocycles. The monoisotopic (exact) mass is 438 g/mol. The highest BCUT2D eigenvalue weighted by Gasteiger charge is 2.31. The number of carbonyl (C=O) groups is 1. The van der Waals surface area contributed by atoms with Gasteiger partial charge in [0.2, 0.25) is 0 Å². The number of para-hydroxylation sites is 1. The van der Waals surface area contributed by atoms with E-state index in [1.807, 2.05) is 54.6 Å². The lowest BCUT2D eigenvalue weighted by atomic mass is 9.96. The molecular formula is C25H21F3N2O2. The van der Waals surface area contributed by atoms with Crippen molar-refractivity contribution in [3.63, 3.8) is 0 Å². The fourth-order valence-corrected chi connectivity index (χ4v) is 3.66. The first-order valence-corrected chi connectivity index (χ1v) is 10.1. The molecule has 1 atom stereocenters. The zero-order valence-corrected chi connectivity index (χ0v) is 17.0. The number of Topliss-reactive ketones (excluding diaryl/α,β-unsaturated/α-hetero) is 1. The third kappa shape index (κ3) is 5.18. The molecule has 0 unspecified atom stereocenters. The Labute approximate surface area is 183 Å². The maximum Gasteiger partial charge on any atom is 0.573 e. The highest BCUT2D eigenvalue weighted by atomic mass is 19.4. The Bertz CT molecular complexity index is 1190. The number of aromatic nitrogens is 1. The molecule has 4 nitrogen and oxygen atoms in total. The molecule has 1 heterocycles. The Morgan fingerprint density at radius 1 is 0.938 bits per heavy atom. The van der Waals surface area contributed by atoms with Crippen LogP contribution < -0.4 is 10.1 Å². The summed E-state index contributed by atoms with van der Waals surface area (Å²) in [6.07, 6.45) is -2.45. The van der Waals surface area contributed by atoms with Gasteiger partial charge >= 0.3 is 6.36 Å². The number of alkyl halides is 3. The third-order valence-corrected chi connectivity index (χ3v) is 5.17. The van der Waals surface area contributed by atoms with Crippen LogP contribution in [0, 0.1) is 0 Å². The van der Waals surface area contributed by atoms with Crippen LogP contribution in [-0.4, -0.2) is 23.7 Å². The van der Waals surface area contributed by atoms with Crippen molar-refractivity contribution in [3.05, 3.63) is 102 Å². The lowest BCUT2D eigenvalue weighted by Crippen LogP contribution is -2.30. The van der Waals surface area contributed by atoms with Crippen LogP contribution >= 0.6 is 0 Å². The van der Waals surface area contributed by atoms with Gasteiger partial charge in [-0.3, -0.25) is 4.79 Å². The molecule has 0 aliphatic heterocycles. The average molecular weight is 438 g/mol. The SMILES string of the molecule is O=C(c1c[nH]c2ccccc12)[C@@H](NCCc1ccc(OC(F)(F)F)cc1)c1ccccc1. The number of carbonyl (C=O) groups excluding carboxylic acids is 1. The van der Waals surface area contributed by atoms with Crippen molar-refractivity contribution in [2.75, 3.05) is 6.54 Å². The van der Waals surface area contributed by atoms with E-state index in [1.165, 1.54) is 12.1 Å². The summed E-state index contributed by atoms with van der Waals surface area (Å²) in [6.45, 7) is 0.465. The minimum Gasteiger partial charge on any atom is -0.406 e. The van der Waals surface area contributed by atoms with Gasteiger partial charge in [-0.1, -0.05) is 60.7 Å². The fraction of sp³-hybridized carbons (Fsp3) is 0.160. The Morgan fingerprint density at radius 2 is 1.62 bits per heavy atom. The third-order valence-electron chi connectivity index (χ3n) is 5.17.